The number of carbonyl (C=O) groups is 2. The molecule has 1 aliphatic rings. The second-order valence-corrected chi connectivity index (χ2v) is 7.50. The fourth-order valence-electron chi connectivity index (χ4n) is 3.62. The first-order chi connectivity index (χ1) is 14.8. The first-order valence-electron chi connectivity index (χ1n) is 9.23. The lowest BCUT2D eigenvalue weighted by Gasteiger charge is -2.28. The average Bonchev–Trinajstić information content (AvgIpc) is 2.69. The molecule has 2 aromatic carbocycles. The predicted molar refractivity (Wildman–Crippen MR) is 101 cm³/mol. The number of hydrogen-bond donors (Lipinski definition) is 0. The molecule has 3 aromatic rings. The van der Waals surface area contributed by atoms with E-state index in [4.69, 9.17) is 0 Å². The van der Waals surface area contributed by atoms with E-state index in [1.54, 1.807) is 19.0 Å². The molecule has 1 aromatic heterocycles. The summed E-state index contributed by atoms with van der Waals surface area (Å²) in [6, 6.07) is 5.02. The SMILES string of the molecule is CN(C)CCN1C(=O)c2cccc3c2c(cc2nc(C(F)(F)F)c(C(F)(F)F)nc23)C1=O. The Hall–Kier alpha value is -3.28. The van der Waals surface area contributed by atoms with Crippen LogP contribution in [0.1, 0.15) is 32.1 Å². The molecule has 1 aliphatic heterocycles. The van der Waals surface area contributed by atoms with Gasteiger partial charge in [0.25, 0.3) is 11.8 Å². The molecule has 0 saturated carbocycles. The lowest BCUT2D eigenvalue weighted by atomic mass is 9.92. The van der Waals surface area contributed by atoms with Gasteiger partial charge < -0.3 is 4.90 Å². The molecule has 168 valence electrons. The van der Waals surface area contributed by atoms with E-state index in [1.165, 1.54) is 18.2 Å². The topological polar surface area (TPSA) is 66.4 Å². The summed E-state index contributed by atoms with van der Waals surface area (Å²) in [4.78, 5) is 35.1. The summed E-state index contributed by atoms with van der Waals surface area (Å²) in [7, 11) is 3.46. The molecule has 0 radical (unpaired) electrons. The summed E-state index contributed by atoms with van der Waals surface area (Å²) >= 11 is 0. The van der Waals surface area contributed by atoms with Gasteiger partial charge >= 0.3 is 12.4 Å². The van der Waals surface area contributed by atoms with Crippen molar-refractivity contribution in [2.24, 2.45) is 0 Å². The van der Waals surface area contributed by atoms with Crippen LogP contribution in [0.25, 0.3) is 21.8 Å². The van der Waals surface area contributed by atoms with E-state index < -0.39 is 46.6 Å². The van der Waals surface area contributed by atoms with Crippen molar-refractivity contribution in [2.45, 2.75) is 12.4 Å². The zero-order valence-electron chi connectivity index (χ0n) is 16.6. The van der Waals surface area contributed by atoms with Gasteiger partial charge in [0, 0.05) is 29.4 Å². The quantitative estimate of drug-likeness (QED) is 0.339. The Labute approximate surface area is 176 Å². The second-order valence-electron chi connectivity index (χ2n) is 7.50. The summed E-state index contributed by atoms with van der Waals surface area (Å²) in [6.45, 7) is 0.356. The van der Waals surface area contributed by atoms with Crippen molar-refractivity contribution in [1.82, 2.24) is 19.8 Å². The Kier molecular flexibility index (Phi) is 4.88. The van der Waals surface area contributed by atoms with Crippen LogP contribution in [0.15, 0.2) is 24.3 Å². The zero-order chi connectivity index (χ0) is 23.6. The number of carbonyl (C=O) groups excluding carboxylic acids is 2. The molecular weight excluding hydrogens is 442 g/mol. The Morgan fingerprint density at radius 3 is 2.09 bits per heavy atom. The largest absolute Gasteiger partial charge is 0.435 e. The minimum absolute atomic E-state index is 0.0189. The van der Waals surface area contributed by atoms with E-state index in [0.717, 1.165) is 11.0 Å². The monoisotopic (exact) mass is 456 g/mol. The highest BCUT2D eigenvalue weighted by molar-refractivity contribution is 6.28. The number of rotatable bonds is 3. The highest BCUT2D eigenvalue weighted by Gasteiger charge is 2.47. The molecular formula is C20H14F6N4O2. The Morgan fingerprint density at radius 2 is 1.50 bits per heavy atom. The van der Waals surface area contributed by atoms with Crippen LogP contribution < -0.4 is 0 Å². The summed E-state index contributed by atoms with van der Waals surface area (Å²) in [5, 5.41) is -0.0195. The molecule has 12 heteroatoms. The van der Waals surface area contributed by atoms with Crippen molar-refractivity contribution >= 4 is 33.6 Å². The Balaban J connectivity index is 2.05. The number of amides is 2. The summed E-state index contributed by atoms with van der Waals surface area (Å²) in [5.74, 6) is -1.41. The van der Waals surface area contributed by atoms with Crippen molar-refractivity contribution < 1.29 is 35.9 Å². The number of benzene rings is 2. The van der Waals surface area contributed by atoms with E-state index >= 15 is 0 Å². The standard InChI is InChI=1S/C20H14F6N4O2/c1-29(2)6-7-30-17(31)10-5-3-4-9-13(10)11(18(30)32)8-12-14(9)28-16(20(24,25)26)15(27-12)19(21,22)23/h3-5,8H,6-7H2,1-2H3. The predicted octanol–water partition coefficient (Wildman–Crippen LogP) is 3.98. The molecule has 2 amide bonds. The molecule has 0 saturated heterocycles. The van der Waals surface area contributed by atoms with Gasteiger partial charge in [-0.25, -0.2) is 9.97 Å². The van der Waals surface area contributed by atoms with Gasteiger partial charge in [-0.15, -0.1) is 0 Å². The van der Waals surface area contributed by atoms with Crippen LogP contribution in [0.5, 0.6) is 0 Å². The normalized spacial score (nSPS) is 14.8. The molecule has 0 N–H and O–H groups in total. The van der Waals surface area contributed by atoms with Gasteiger partial charge in [-0.05, 0) is 26.2 Å². The Bertz CT molecular complexity index is 1280. The van der Waals surface area contributed by atoms with E-state index in [2.05, 4.69) is 9.97 Å². The van der Waals surface area contributed by atoms with Gasteiger partial charge in [-0.1, -0.05) is 12.1 Å². The van der Waals surface area contributed by atoms with Gasteiger partial charge in [0.05, 0.1) is 16.6 Å². The van der Waals surface area contributed by atoms with Crippen LogP contribution in [0.3, 0.4) is 0 Å². The first kappa shape index (κ1) is 21.9. The number of aromatic nitrogens is 2. The number of alkyl halides is 6. The van der Waals surface area contributed by atoms with Crippen LogP contribution in [0.2, 0.25) is 0 Å². The smallest absolute Gasteiger partial charge is 0.308 e. The number of nitrogens with zero attached hydrogens (tertiary/aromatic N) is 4. The molecule has 0 unspecified atom stereocenters. The molecule has 0 atom stereocenters. The highest BCUT2D eigenvalue weighted by atomic mass is 19.4. The molecule has 0 spiro atoms. The van der Waals surface area contributed by atoms with Gasteiger partial charge in [-0.2, -0.15) is 26.3 Å². The second kappa shape index (κ2) is 7.12. The molecule has 0 fully saturated rings. The fraction of sp³-hybridized carbons (Fsp3) is 0.300. The van der Waals surface area contributed by atoms with Crippen LogP contribution in [-0.2, 0) is 12.4 Å². The van der Waals surface area contributed by atoms with Crippen molar-refractivity contribution in [2.75, 3.05) is 27.2 Å². The average molecular weight is 456 g/mol. The van der Waals surface area contributed by atoms with E-state index in [0.29, 0.717) is 6.54 Å². The maximum Gasteiger partial charge on any atom is 0.435 e. The molecule has 32 heavy (non-hydrogen) atoms. The third-order valence-electron chi connectivity index (χ3n) is 5.05. The Morgan fingerprint density at radius 1 is 0.906 bits per heavy atom. The van der Waals surface area contributed by atoms with Gasteiger partial charge in [-0.3, -0.25) is 14.5 Å². The summed E-state index contributed by atoms with van der Waals surface area (Å²) in [6.07, 6.45) is -10.8. The summed E-state index contributed by atoms with van der Waals surface area (Å²) < 4.78 is 80.0. The fourth-order valence-corrected chi connectivity index (χ4v) is 3.62. The van der Waals surface area contributed by atoms with Crippen molar-refractivity contribution in [3.63, 3.8) is 0 Å². The van der Waals surface area contributed by atoms with Crippen molar-refractivity contribution in [1.29, 1.82) is 0 Å². The lowest BCUT2D eigenvalue weighted by molar-refractivity contribution is -0.167. The number of hydrogen-bond acceptors (Lipinski definition) is 5. The minimum Gasteiger partial charge on any atom is -0.308 e. The van der Waals surface area contributed by atoms with E-state index in [-0.39, 0.29) is 28.4 Å². The maximum atomic E-state index is 13.3. The highest BCUT2D eigenvalue weighted by Crippen LogP contribution is 2.41. The third kappa shape index (κ3) is 3.44. The van der Waals surface area contributed by atoms with Gasteiger partial charge in [0.1, 0.15) is 0 Å². The summed E-state index contributed by atoms with van der Waals surface area (Å²) in [5.41, 5.74) is -5.45. The molecule has 6 nitrogen and oxygen atoms in total. The number of likely N-dealkylation sites (N-methyl/N-ethyl adjacent to an activating group) is 1. The minimum atomic E-state index is -5.42. The number of imide groups is 1. The lowest BCUT2D eigenvalue weighted by Crippen LogP contribution is -2.43. The van der Waals surface area contributed by atoms with E-state index in [9.17, 15) is 35.9 Å². The van der Waals surface area contributed by atoms with E-state index in [1.807, 2.05) is 0 Å². The maximum absolute atomic E-state index is 13.3. The van der Waals surface area contributed by atoms with Crippen LogP contribution in [0.4, 0.5) is 26.3 Å². The zero-order valence-corrected chi connectivity index (χ0v) is 16.6. The van der Waals surface area contributed by atoms with Gasteiger partial charge in [0.2, 0.25) is 0 Å². The number of halogens is 6. The van der Waals surface area contributed by atoms with Crippen LogP contribution in [0, 0.1) is 0 Å². The third-order valence-corrected chi connectivity index (χ3v) is 5.05. The molecule has 4 rings (SSSR count). The first-order valence-corrected chi connectivity index (χ1v) is 9.23. The van der Waals surface area contributed by atoms with Crippen LogP contribution >= 0.6 is 0 Å². The molecule has 0 bridgehead atoms. The van der Waals surface area contributed by atoms with Crippen LogP contribution in [-0.4, -0.2) is 58.8 Å². The van der Waals surface area contributed by atoms with Crippen molar-refractivity contribution in [3.8, 4) is 0 Å². The van der Waals surface area contributed by atoms with Crippen molar-refractivity contribution in [3.05, 3.63) is 46.8 Å². The van der Waals surface area contributed by atoms with Gasteiger partial charge in [0.15, 0.2) is 11.4 Å². The molecule has 2 heterocycles. The molecule has 0 aliphatic carbocycles. The number of fused-ring (bicyclic) bond motifs is 2.